The number of anilines is 2. The second-order valence-corrected chi connectivity index (χ2v) is 10.3. The molecule has 4 amide bonds. The van der Waals surface area contributed by atoms with Crippen LogP contribution in [0.3, 0.4) is 0 Å². The predicted octanol–water partition coefficient (Wildman–Crippen LogP) is 4.34. The summed E-state index contributed by atoms with van der Waals surface area (Å²) in [5, 5.41) is 0.924. The Hall–Kier alpha value is -2.96. The van der Waals surface area contributed by atoms with Crippen LogP contribution < -0.4 is 9.80 Å². The Labute approximate surface area is 206 Å². The smallest absolute Gasteiger partial charge is 0.238 e. The molecule has 2 bridgehead atoms. The third kappa shape index (κ3) is 2.70. The van der Waals surface area contributed by atoms with Crippen LogP contribution in [0.4, 0.5) is 11.4 Å². The van der Waals surface area contributed by atoms with Gasteiger partial charge in [0.25, 0.3) is 0 Å². The summed E-state index contributed by atoms with van der Waals surface area (Å²) in [6, 6.07) is 10.1. The van der Waals surface area contributed by atoms with E-state index in [0.29, 0.717) is 21.4 Å². The van der Waals surface area contributed by atoms with E-state index >= 15 is 0 Å². The Morgan fingerprint density at radius 2 is 0.912 bits per heavy atom. The molecule has 8 heteroatoms. The third-order valence-corrected chi connectivity index (χ3v) is 8.65. The number of amides is 4. The molecule has 1 saturated carbocycles. The van der Waals surface area contributed by atoms with Crippen LogP contribution in [0.1, 0.15) is 11.1 Å². The van der Waals surface area contributed by atoms with Gasteiger partial charge in [-0.1, -0.05) is 47.5 Å². The number of rotatable bonds is 2. The minimum Gasteiger partial charge on any atom is -0.274 e. The molecular formula is C26H20Cl2N2O4. The Morgan fingerprint density at radius 1 is 0.588 bits per heavy atom. The molecule has 0 radical (unpaired) electrons. The number of hydrogen-bond acceptors (Lipinski definition) is 4. The summed E-state index contributed by atoms with van der Waals surface area (Å²) >= 11 is 12.5. The number of aryl methyl sites for hydroxylation is 2. The lowest BCUT2D eigenvalue weighted by atomic mass is 9.54. The molecule has 5 aliphatic rings. The average molecular weight is 495 g/mol. The van der Waals surface area contributed by atoms with Gasteiger partial charge in [-0.25, -0.2) is 9.80 Å². The maximum Gasteiger partial charge on any atom is 0.238 e. The van der Waals surface area contributed by atoms with Crippen LogP contribution in [0.15, 0.2) is 48.6 Å². The zero-order valence-electron chi connectivity index (χ0n) is 18.4. The van der Waals surface area contributed by atoms with E-state index in [1.165, 1.54) is 9.80 Å². The quantitative estimate of drug-likeness (QED) is 0.459. The fourth-order valence-corrected chi connectivity index (χ4v) is 6.53. The maximum absolute atomic E-state index is 13.5. The highest BCUT2D eigenvalue weighted by atomic mass is 35.5. The maximum atomic E-state index is 13.5. The van der Waals surface area contributed by atoms with E-state index in [0.717, 1.165) is 11.1 Å². The van der Waals surface area contributed by atoms with Gasteiger partial charge in [0, 0.05) is 21.9 Å². The van der Waals surface area contributed by atoms with Gasteiger partial charge in [-0.3, -0.25) is 19.2 Å². The van der Waals surface area contributed by atoms with Crippen molar-refractivity contribution in [2.45, 2.75) is 13.8 Å². The van der Waals surface area contributed by atoms with Gasteiger partial charge in [0.1, 0.15) is 0 Å². The number of allylic oxidation sites excluding steroid dienone is 2. The Morgan fingerprint density at radius 3 is 1.21 bits per heavy atom. The summed E-state index contributed by atoms with van der Waals surface area (Å²) in [6.07, 6.45) is 3.70. The molecule has 0 N–H and O–H groups in total. The van der Waals surface area contributed by atoms with Gasteiger partial charge in [-0.2, -0.15) is 0 Å². The molecule has 2 aliphatic heterocycles. The Bertz CT molecular complexity index is 1210. The molecule has 2 aromatic carbocycles. The predicted molar refractivity (Wildman–Crippen MR) is 127 cm³/mol. The van der Waals surface area contributed by atoms with Gasteiger partial charge < -0.3 is 0 Å². The van der Waals surface area contributed by atoms with Gasteiger partial charge in [-0.05, 0) is 49.2 Å². The molecule has 2 aromatic rings. The number of hydrogen-bond donors (Lipinski definition) is 0. The fourth-order valence-electron chi connectivity index (χ4n) is 6.18. The summed E-state index contributed by atoms with van der Waals surface area (Å²) in [7, 11) is 0. The molecule has 0 aromatic heterocycles. The molecule has 2 saturated heterocycles. The first-order chi connectivity index (χ1) is 16.2. The van der Waals surface area contributed by atoms with Crippen LogP contribution in [0.25, 0.3) is 0 Å². The second kappa shape index (κ2) is 7.27. The first-order valence-corrected chi connectivity index (χ1v) is 11.9. The van der Waals surface area contributed by atoms with Gasteiger partial charge in [0.15, 0.2) is 0 Å². The highest BCUT2D eigenvalue weighted by Crippen LogP contribution is 2.58. The first-order valence-electron chi connectivity index (χ1n) is 11.2. The highest BCUT2D eigenvalue weighted by Gasteiger charge is 2.68. The molecule has 2 heterocycles. The van der Waals surface area contributed by atoms with Crippen molar-refractivity contribution in [3.8, 4) is 0 Å². The van der Waals surface area contributed by atoms with E-state index in [4.69, 9.17) is 23.2 Å². The van der Waals surface area contributed by atoms with Crippen LogP contribution in [-0.2, 0) is 19.2 Å². The van der Waals surface area contributed by atoms with Crippen molar-refractivity contribution in [3.63, 3.8) is 0 Å². The molecule has 172 valence electrons. The van der Waals surface area contributed by atoms with Crippen LogP contribution in [0.5, 0.6) is 0 Å². The lowest BCUT2D eigenvalue weighted by Crippen LogP contribution is -2.50. The summed E-state index contributed by atoms with van der Waals surface area (Å²) in [6.45, 7) is 3.68. The van der Waals surface area contributed by atoms with Crippen molar-refractivity contribution in [1.29, 1.82) is 0 Å². The van der Waals surface area contributed by atoms with E-state index in [1.807, 2.05) is 26.0 Å². The summed E-state index contributed by atoms with van der Waals surface area (Å²) in [5.74, 6) is -5.13. The van der Waals surface area contributed by atoms with Crippen molar-refractivity contribution in [1.82, 2.24) is 0 Å². The van der Waals surface area contributed by atoms with Gasteiger partial charge in [-0.15, -0.1) is 0 Å². The van der Waals surface area contributed by atoms with Crippen LogP contribution in [-0.4, -0.2) is 23.6 Å². The zero-order chi connectivity index (χ0) is 24.0. The minimum atomic E-state index is -0.679. The monoisotopic (exact) mass is 494 g/mol. The third-order valence-electron chi connectivity index (χ3n) is 7.84. The molecule has 34 heavy (non-hydrogen) atoms. The highest BCUT2D eigenvalue weighted by molar-refractivity contribution is 6.33. The van der Waals surface area contributed by atoms with E-state index in [2.05, 4.69) is 0 Å². The molecule has 6 atom stereocenters. The van der Waals surface area contributed by atoms with Crippen LogP contribution in [0.2, 0.25) is 10.0 Å². The average Bonchev–Trinajstić information content (AvgIpc) is 3.25. The van der Waals surface area contributed by atoms with Gasteiger partial charge in [0.05, 0.1) is 35.0 Å². The second-order valence-electron chi connectivity index (χ2n) is 9.53. The van der Waals surface area contributed by atoms with Crippen molar-refractivity contribution in [3.05, 3.63) is 69.7 Å². The largest absolute Gasteiger partial charge is 0.274 e. The van der Waals surface area contributed by atoms with Crippen LogP contribution >= 0.6 is 23.2 Å². The van der Waals surface area contributed by atoms with Crippen LogP contribution in [0, 0.1) is 49.4 Å². The molecular weight excluding hydrogens is 475 g/mol. The summed E-state index contributed by atoms with van der Waals surface area (Å²) < 4.78 is 0. The summed E-state index contributed by atoms with van der Waals surface area (Å²) in [5.41, 5.74) is 2.51. The van der Waals surface area contributed by atoms with E-state index < -0.39 is 35.5 Å². The Balaban J connectivity index is 1.39. The van der Waals surface area contributed by atoms with Crippen molar-refractivity contribution >= 4 is 58.2 Å². The number of carbonyl (C=O) groups is 4. The number of carbonyl (C=O) groups excluding carboxylic acids is 4. The van der Waals surface area contributed by atoms with Gasteiger partial charge >= 0.3 is 0 Å². The standard InChI is InChI=1S/C26H20Cl2N2O4/c1-11-3-5-13(9-17(11)27)29-23(31)19-15-7-8-16(20(19)24(29)32)22-21(15)25(33)30(26(22)34)14-6-4-12(2)18(28)10-14/h3-10,15-16,19-22H,1-2H3/t15?,16?,19-,20-,21-,22+/m1/s1. The van der Waals surface area contributed by atoms with E-state index in [-0.39, 0.29) is 23.6 Å². The van der Waals surface area contributed by atoms with Gasteiger partial charge in [0.2, 0.25) is 23.6 Å². The molecule has 6 nitrogen and oxygen atoms in total. The molecule has 3 fully saturated rings. The van der Waals surface area contributed by atoms with E-state index in [9.17, 15) is 19.2 Å². The lowest BCUT2D eigenvalue weighted by molar-refractivity contribution is -0.137. The number of nitrogens with zero attached hydrogens (tertiary/aromatic N) is 2. The topological polar surface area (TPSA) is 74.8 Å². The van der Waals surface area contributed by atoms with Crippen molar-refractivity contribution in [2.75, 3.05) is 9.80 Å². The van der Waals surface area contributed by atoms with E-state index in [1.54, 1.807) is 36.4 Å². The minimum absolute atomic E-state index is 0.343. The SMILES string of the molecule is Cc1ccc(N2C(=O)[C@@H]3C4C=CC([C@H]3C2=O)[C@@H]2C(=O)N(c3ccc(C)c(Cl)c3)C(=O)[C@H]42)cc1Cl. The number of halogens is 2. The number of imide groups is 2. The van der Waals surface area contributed by atoms with Crippen molar-refractivity contribution in [2.24, 2.45) is 35.5 Å². The zero-order valence-corrected chi connectivity index (χ0v) is 19.9. The van der Waals surface area contributed by atoms with Crippen molar-refractivity contribution < 1.29 is 19.2 Å². The fraction of sp³-hybridized carbons (Fsp3) is 0.308. The number of benzene rings is 2. The molecule has 2 unspecified atom stereocenters. The summed E-state index contributed by atoms with van der Waals surface area (Å²) in [4.78, 5) is 56.6. The molecule has 0 spiro atoms. The molecule has 7 rings (SSSR count). The Kier molecular flexibility index (Phi) is 4.61. The first kappa shape index (κ1) is 21.6. The lowest BCUT2D eigenvalue weighted by Gasteiger charge is -2.44. The molecule has 3 aliphatic carbocycles. The normalized spacial score (nSPS) is 31.5.